The first-order valence-electron chi connectivity index (χ1n) is 6.58. The fraction of sp³-hybridized carbons (Fsp3) is 0.357. The SMILES string of the molecule is O=[N+]([O-])c1ccc(N2CCC(CO)C2)c2ncccc12. The van der Waals surface area contributed by atoms with Gasteiger partial charge >= 0.3 is 0 Å². The van der Waals surface area contributed by atoms with Gasteiger partial charge in [0.1, 0.15) is 5.52 Å². The number of hydrogen-bond acceptors (Lipinski definition) is 5. The van der Waals surface area contributed by atoms with Crippen molar-refractivity contribution in [1.82, 2.24) is 4.98 Å². The highest BCUT2D eigenvalue weighted by Crippen LogP contribution is 2.34. The van der Waals surface area contributed by atoms with Crippen LogP contribution in [0.5, 0.6) is 0 Å². The lowest BCUT2D eigenvalue weighted by Gasteiger charge is -2.19. The van der Waals surface area contributed by atoms with Crippen LogP contribution in [0.4, 0.5) is 11.4 Å². The van der Waals surface area contributed by atoms with E-state index in [9.17, 15) is 15.2 Å². The zero-order valence-electron chi connectivity index (χ0n) is 10.9. The van der Waals surface area contributed by atoms with Crippen LogP contribution in [0, 0.1) is 16.0 Å². The number of rotatable bonds is 3. The maximum absolute atomic E-state index is 11.1. The van der Waals surface area contributed by atoms with Crippen LogP contribution in [0.2, 0.25) is 0 Å². The van der Waals surface area contributed by atoms with Crippen LogP contribution in [0.25, 0.3) is 10.9 Å². The highest BCUT2D eigenvalue weighted by molar-refractivity contribution is 5.97. The summed E-state index contributed by atoms with van der Waals surface area (Å²) in [6.07, 6.45) is 2.58. The van der Waals surface area contributed by atoms with Gasteiger partial charge in [-0.2, -0.15) is 0 Å². The lowest BCUT2D eigenvalue weighted by molar-refractivity contribution is -0.383. The smallest absolute Gasteiger partial charge is 0.278 e. The molecule has 1 fully saturated rings. The summed E-state index contributed by atoms with van der Waals surface area (Å²) in [7, 11) is 0. The van der Waals surface area contributed by atoms with Gasteiger partial charge in [-0.15, -0.1) is 0 Å². The summed E-state index contributed by atoms with van der Waals surface area (Å²) >= 11 is 0. The van der Waals surface area contributed by atoms with Crippen molar-refractivity contribution in [3.05, 3.63) is 40.6 Å². The molecule has 20 heavy (non-hydrogen) atoms. The van der Waals surface area contributed by atoms with Gasteiger partial charge in [-0.25, -0.2) is 0 Å². The third-order valence-corrected chi connectivity index (χ3v) is 3.81. The Morgan fingerprint density at radius 3 is 3.00 bits per heavy atom. The van der Waals surface area contributed by atoms with Crippen LogP contribution in [0.15, 0.2) is 30.5 Å². The third-order valence-electron chi connectivity index (χ3n) is 3.81. The molecule has 2 heterocycles. The highest BCUT2D eigenvalue weighted by atomic mass is 16.6. The number of aliphatic hydroxyl groups is 1. The van der Waals surface area contributed by atoms with Crippen molar-refractivity contribution in [3.8, 4) is 0 Å². The van der Waals surface area contributed by atoms with Gasteiger partial charge in [0, 0.05) is 37.9 Å². The summed E-state index contributed by atoms with van der Waals surface area (Å²) in [5.41, 5.74) is 1.64. The van der Waals surface area contributed by atoms with E-state index in [1.54, 1.807) is 24.4 Å². The molecule has 6 nitrogen and oxygen atoms in total. The molecule has 0 saturated carbocycles. The van der Waals surface area contributed by atoms with Gasteiger partial charge in [0.05, 0.1) is 16.0 Å². The van der Waals surface area contributed by atoms with Crippen LogP contribution in [-0.2, 0) is 0 Å². The zero-order chi connectivity index (χ0) is 14.1. The zero-order valence-corrected chi connectivity index (χ0v) is 10.9. The maximum atomic E-state index is 11.1. The second kappa shape index (κ2) is 5.05. The average molecular weight is 273 g/mol. The van der Waals surface area contributed by atoms with E-state index < -0.39 is 0 Å². The summed E-state index contributed by atoms with van der Waals surface area (Å²) in [6.45, 7) is 1.78. The van der Waals surface area contributed by atoms with E-state index in [0.29, 0.717) is 10.9 Å². The number of nitro groups is 1. The van der Waals surface area contributed by atoms with Gasteiger partial charge in [0.15, 0.2) is 0 Å². The number of benzene rings is 1. The Bertz CT molecular complexity index is 659. The molecule has 1 aromatic carbocycles. The molecule has 1 aliphatic heterocycles. The van der Waals surface area contributed by atoms with Crippen LogP contribution in [-0.4, -0.2) is 34.7 Å². The molecule has 0 radical (unpaired) electrons. The van der Waals surface area contributed by atoms with E-state index in [-0.39, 0.29) is 23.1 Å². The molecule has 1 aliphatic rings. The van der Waals surface area contributed by atoms with E-state index >= 15 is 0 Å². The normalized spacial score (nSPS) is 18.6. The van der Waals surface area contributed by atoms with Crippen molar-refractivity contribution in [3.63, 3.8) is 0 Å². The van der Waals surface area contributed by atoms with E-state index in [1.165, 1.54) is 6.07 Å². The van der Waals surface area contributed by atoms with Gasteiger partial charge in [-0.1, -0.05) is 0 Å². The minimum absolute atomic E-state index is 0.0785. The number of nitro benzene ring substituents is 1. The van der Waals surface area contributed by atoms with Gasteiger partial charge in [0.25, 0.3) is 5.69 Å². The average Bonchev–Trinajstić information content (AvgIpc) is 2.94. The molecule has 6 heteroatoms. The van der Waals surface area contributed by atoms with Crippen molar-refractivity contribution >= 4 is 22.3 Å². The van der Waals surface area contributed by atoms with E-state index in [2.05, 4.69) is 9.88 Å². The molecule has 1 N–H and O–H groups in total. The van der Waals surface area contributed by atoms with Crippen LogP contribution >= 0.6 is 0 Å². The Morgan fingerprint density at radius 2 is 2.30 bits per heavy atom. The van der Waals surface area contributed by atoms with E-state index in [1.807, 2.05) is 0 Å². The second-order valence-electron chi connectivity index (χ2n) is 5.04. The lowest BCUT2D eigenvalue weighted by atomic mass is 10.1. The first kappa shape index (κ1) is 12.8. The molecule has 1 unspecified atom stereocenters. The number of aromatic nitrogens is 1. The minimum atomic E-state index is -0.381. The Morgan fingerprint density at radius 1 is 1.45 bits per heavy atom. The number of fused-ring (bicyclic) bond motifs is 1. The fourth-order valence-corrected chi connectivity index (χ4v) is 2.76. The Hall–Kier alpha value is -2.21. The van der Waals surface area contributed by atoms with E-state index in [0.717, 1.165) is 25.2 Å². The molecule has 1 aromatic heterocycles. The summed E-state index contributed by atoms with van der Waals surface area (Å²) in [4.78, 5) is 17.1. The van der Waals surface area contributed by atoms with Gasteiger partial charge in [0.2, 0.25) is 0 Å². The largest absolute Gasteiger partial charge is 0.396 e. The number of non-ortho nitro benzene ring substituents is 1. The summed E-state index contributed by atoms with van der Waals surface area (Å²) in [5.74, 6) is 0.268. The molecule has 1 atom stereocenters. The summed E-state index contributed by atoms with van der Waals surface area (Å²) in [6, 6.07) is 6.72. The molecular formula is C14H15N3O3. The van der Waals surface area contributed by atoms with Gasteiger partial charge in [-0.3, -0.25) is 15.1 Å². The lowest BCUT2D eigenvalue weighted by Crippen LogP contribution is -2.21. The molecule has 3 rings (SSSR count). The second-order valence-corrected chi connectivity index (χ2v) is 5.04. The van der Waals surface area contributed by atoms with E-state index in [4.69, 9.17) is 0 Å². The van der Waals surface area contributed by atoms with Crippen molar-refractivity contribution < 1.29 is 10.0 Å². The number of anilines is 1. The molecule has 104 valence electrons. The predicted octanol–water partition coefficient (Wildman–Crippen LogP) is 1.96. The van der Waals surface area contributed by atoms with Crippen LogP contribution in [0.3, 0.4) is 0 Å². The summed E-state index contributed by atoms with van der Waals surface area (Å²) in [5, 5.41) is 20.9. The fourth-order valence-electron chi connectivity index (χ4n) is 2.76. The first-order chi connectivity index (χ1) is 9.70. The number of aliphatic hydroxyl groups excluding tert-OH is 1. The number of nitrogens with zero attached hydrogens (tertiary/aromatic N) is 3. The van der Waals surface area contributed by atoms with Crippen molar-refractivity contribution in [2.24, 2.45) is 5.92 Å². The number of hydrogen-bond donors (Lipinski definition) is 1. The summed E-state index contributed by atoms with van der Waals surface area (Å²) < 4.78 is 0. The predicted molar refractivity (Wildman–Crippen MR) is 75.8 cm³/mol. The third kappa shape index (κ3) is 2.08. The van der Waals surface area contributed by atoms with Gasteiger partial charge in [-0.05, 0) is 24.6 Å². The quantitative estimate of drug-likeness (QED) is 0.683. The molecule has 0 bridgehead atoms. The minimum Gasteiger partial charge on any atom is -0.396 e. The first-order valence-corrected chi connectivity index (χ1v) is 6.58. The number of pyridine rings is 1. The standard InChI is InChI=1S/C14H15N3O3/c18-9-10-5-7-16(8-10)13-4-3-12(17(19)20)11-2-1-6-15-14(11)13/h1-4,6,10,18H,5,7-9H2. The van der Waals surface area contributed by atoms with Crippen LogP contribution in [0.1, 0.15) is 6.42 Å². The highest BCUT2D eigenvalue weighted by Gasteiger charge is 2.25. The molecule has 0 amide bonds. The van der Waals surface area contributed by atoms with Crippen LogP contribution < -0.4 is 4.90 Å². The maximum Gasteiger partial charge on any atom is 0.278 e. The van der Waals surface area contributed by atoms with Crippen molar-refractivity contribution in [2.75, 3.05) is 24.6 Å². The molecule has 0 aliphatic carbocycles. The molecule has 1 saturated heterocycles. The molecule has 2 aromatic rings. The topological polar surface area (TPSA) is 79.5 Å². The Kier molecular flexibility index (Phi) is 3.23. The molecular weight excluding hydrogens is 258 g/mol. The Balaban J connectivity index is 2.09. The van der Waals surface area contributed by atoms with Crippen molar-refractivity contribution in [1.29, 1.82) is 0 Å². The van der Waals surface area contributed by atoms with Crippen molar-refractivity contribution in [2.45, 2.75) is 6.42 Å². The monoisotopic (exact) mass is 273 g/mol. The molecule has 0 spiro atoms. The Labute approximate surface area is 115 Å². The van der Waals surface area contributed by atoms with Gasteiger partial charge < -0.3 is 10.0 Å².